The van der Waals surface area contributed by atoms with E-state index in [0.717, 1.165) is 22.8 Å². The summed E-state index contributed by atoms with van der Waals surface area (Å²) >= 11 is 0. The second-order valence-electron chi connectivity index (χ2n) is 5.68. The van der Waals surface area contributed by atoms with Crippen molar-refractivity contribution in [1.82, 2.24) is 9.97 Å². The number of rotatable bonds is 4. The van der Waals surface area contributed by atoms with E-state index in [1.165, 1.54) is 0 Å². The van der Waals surface area contributed by atoms with Gasteiger partial charge in [-0.25, -0.2) is 9.97 Å². The third-order valence-corrected chi connectivity index (χ3v) is 2.92. The Morgan fingerprint density at radius 2 is 1.80 bits per heavy atom. The van der Waals surface area contributed by atoms with Crippen molar-refractivity contribution in [3.05, 3.63) is 42.2 Å². The summed E-state index contributed by atoms with van der Waals surface area (Å²) in [5.74, 6) is 1.55. The largest absolute Gasteiger partial charge is 0.492 e. The van der Waals surface area contributed by atoms with Crippen molar-refractivity contribution in [2.75, 3.05) is 13.2 Å². The van der Waals surface area contributed by atoms with Gasteiger partial charge in [0.25, 0.3) is 0 Å². The van der Waals surface area contributed by atoms with Gasteiger partial charge in [-0.15, -0.1) is 0 Å². The van der Waals surface area contributed by atoms with Gasteiger partial charge < -0.3 is 10.5 Å². The van der Waals surface area contributed by atoms with E-state index in [0.29, 0.717) is 13.2 Å². The zero-order valence-corrected chi connectivity index (χ0v) is 12.3. The van der Waals surface area contributed by atoms with E-state index in [1.54, 1.807) is 0 Å². The Morgan fingerprint density at radius 3 is 2.40 bits per heavy atom. The van der Waals surface area contributed by atoms with Crippen molar-refractivity contribution >= 4 is 0 Å². The summed E-state index contributed by atoms with van der Waals surface area (Å²) in [5, 5.41) is 0. The maximum absolute atomic E-state index is 5.46. The van der Waals surface area contributed by atoms with Crippen LogP contribution in [0.1, 0.15) is 26.5 Å². The van der Waals surface area contributed by atoms with Crippen LogP contribution >= 0.6 is 0 Å². The lowest BCUT2D eigenvalue weighted by atomic mass is 9.92. The van der Waals surface area contributed by atoms with Gasteiger partial charge in [0.2, 0.25) is 0 Å². The van der Waals surface area contributed by atoms with E-state index < -0.39 is 0 Å². The molecular formula is C16H21N3O. The fourth-order valence-corrected chi connectivity index (χ4v) is 1.79. The standard InChI is InChI=1S/C16H21N3O/c1-16(2,3)14-8-10-18-15(19-14)12-4-6-13(7-5-12)20-11-9-17/h4-8,10H,9,11,17H2,1-3H3. The van der Waals surface area contributed by atoms with Crippen LogP contribution in [-0.4, -0.2) is 23.1 Å². The number of benzene rings is 1. The zero-order chi connectivity index (χ0) is 14.6. The minimum absolute atomic E-state index is 0.0157. The van der Waals surface area contributed by atoms with Crippen molar-refractivity contribution < 1.29 is 4.74 Å². The maximum atomic E-state index is 5.46. The lowest BCUT2D eigenvalue weighted by Gasteiger charge is -2.17. The first-order valence-corrected chi connectivity index (χ1v) is 6.77. The van der Waals surface area contributed by atoms with E-state index >= 15 is 0 Å². The Hall–Kier alpha value is -1.94. The van der Waals surface area contributed by atoms with Crippen LogP contribution in [0, 0.1) is 0 Å². The molecule has 0 unspecified atom stereocenters. The minimum Gasteiger partial charge on any atom is -0.492 e. The van der Waals surface area contributed by atoms with Crippen molar-refractivity contribution in [3.63, 3.8) is 0 Å². The molecule has 0 bridgehead atoms. The molecule has 2 aromatic rings. The van der Waals surface area contributed by atoms with Gasteiger partial charge in [0.05, 0.1) is 0 Å². The Labute approximate surface area is 120 Å². The SMILES string of the molecule is CC(C)(C)c1ccnc(-c2ccc(OCCN)cc2)n1. The highest BCUT2D eigenvalue weighted by atomic mass is 16.5. The molecule has 106 valence electrons. The average Bonchev–Trinajstić information content (AvgIpc) is 2.45. The summed E-state index contributed by atoms with van der Waals surface area (Å²) in [6.07, 6.45) is 1.81. The molecule has 4 heteroatoms. The highest BCUT2D eigenvalue weighted by Crippen LogP contribution is 2.23. The van der Waals surface area contributed by atoms with E-state index in [-0.39, 0.29) is 5.41 Å². The summed E-state index contributed by atoms with van der Waals surface area (Å²) in [4.78, 5) is 8.98. The lowest BCUT2D eigenvalue weighted by Crippen LogP contribution is -2.14. The van der Waals surface area contributed by atoms with Crippen LogP contribution in [0.3, 0.4) is 0 Å². The summed E-state index contributed by atoms with van der Waals surface area (Å²) in [6.45, 7) is 7.46. The summed E-state index contributed by atoms with van der Waals surface area (Å²) in [6, 6.07) is 9.72. The molecule has 0 radical (unpaired) electrons. The van der Waals surface area contributed by atoms with Crippen LogP contribution in [0.25, 0.3) is 11.4 Å². The quantitative estimate of drug-likeness (QED) is 0.929. The molecule has 0 saturated heterocycles. The van der Waals surface area contributed by atoms with E-state index in [2.05, 4.69) is 30.7 Å². The van der Waals surface area contributed by atoms with Crippen molar-refractivity contribution in [2.24, 2.45) is 5.73 Å². The molecule has 0 aliphatic heterocycles. The molecule has 2 N–H and O–H groups in total. The third-order valence-electron chi connectivity index (χ3n) is 2.92. The van der Waals surface area contributed by atoms with E-state index in [4.69, 9.17) is 10.5 Å². The topological polar surface area (TPSA) is 61.0 Å². The predicted molar refractivity (Wildman–Crippen MR) is 80.7 cm³/mol. The van der Waals surface area contributed by atoms with Gasteiger partial charge in [-0.05, 0) is 30.3 Å². The van der Waals surface area contributed by atoms with Crippen LogP contribution in [0.5, 0.6) is 5.75 Å². The first-order valence-electron chi connectivity index (χ1n) is 6.77. The molecule has 1 aromatic carbocycles. The Bertz CT molecular complexity index is 559. The number of hydrogen-bond acceptors (Lipinski definition) is 4. The first-order chi connectivity index (χ1) is 9.50. The maximum Gasteiger partial charge on any atom is 0.159 e. The van der Waals surface area contributed by atoms with Crippen molar-refractivity contribution in [1.29, 1.82) is 0 Å². The minimum atomic E-state index is 0.0157. The van der Waals surface area contributed by atoms with Gasteiger partial charge >= 0.3 is 0 Å². The predicted octanol–water partition coefficient (Wildman–Crippen LogP) is 2.78. The number of ether oxygens (including phenoxy) is 1. The van der Waals surface area contributed by atoms with Gasteiger partial charge in [0.15, 0.2) is 5.82 Å². The van der Waals surface area contributed by atoms with Crippen molar-refractivity contribution in [3.8, 4) is 17.1 Å². The molecule has 0 saturated carbocycles. The smallest absolute Gasteiger partial charge is 0.159 e. The molecule has 1 heterocycles. The molecule has 0 amide bonds. The normalized spacial score (nSPS) is 11.4. The fourth-order valence-electron chi connectivity index (χ4n) is 1.79. The molecule has 0 atom stereocenters. The van der Waals surface area contributed by atoms with Crippen LogP contribution in [0.2, 0.25) is 0 Å². The third kappa shape index (κ3) is 3.54. The molecule has 4 nitrogen and oxygen atoms in total. The second kappa shape index (κ2) is 6.01. The molecular weight excluding hydrogens is 250 g/mol. The Morgan fingerprint density at radius 1 is 1.10 bits per heavy atom. The van der Waals surface area contributed by atoms with Crippen molar-refractivity contribution in [2.45, 2.75) is 26.2 Å². The molecule has 0 aliphatic rings. The molecule has 0 fully saturated rings. The number of nitrogens with two attached hydrogens (primary N) is 1. The highest BCUT2D eigenvalue weighted by Gasteiger charge is 2.16. The van der Waals surface area contributed by atoms with Gasteiger partial charge in [-0.3, -0.25) is 0 Å². The average molecular weight is 271 g/mol. The monoisotopic (exact) mass is 271 g/mol. The van der Waals surface area contributed by atoms with Gasteiger partial charge in [0, 0.05) is 29.4 Å². The van der Waals surface area contributed by atoms with Gasteiger partial charge in [0.1, 0.15) is 12.4 Å². The molecule has 1 aromatic heterocycles. The molecule has 0 aliphatic carbocycles. The van der Waals surface area contributed by atoms with E-state index in [9.17, 15) is 0 Å². The van der Waals surface area contributed by atoms with Crippen LogP contribution in [0.4, 0.5) is 0 Å². The van der Waals surface area contributed by atoms with Crippen LogP contribution in [-0.2, 0) is 5.41 Å². The highest BCUT2D eigenvalue weighted by molar-refractivity contribution is 5.56. The van der Waals surface area contributed by atoms with Gasteiger partial charge in [-0.1, -0.05) is 20.8 Å². The van der Waals surface area contributed by atoms with E-state index in [1.807, 2.05) is 36.5 Å². The van der Waals surface area contributed by atoms with Crippen LogP contribution in [0.15, 0.2) is 36.5 Å². The number of aromatic nitrogens is 2. The summed E-state index contributed by atoms with van der Waals surface area (Å²) in [5.41, 5.74) is 7.44. The molecule has 2 rings (SSSR count). The number of hydrogen-bond donors (Lipinski definition) is 1. The lowest BCUT2D eigenvalue weighted by molar-refractivity contribution is 0.328. The molecule has 20 heavy (non-hydrogen) atoms. The zero-order valence-electron chi connectivity index (χ0n) is 12.3. The summed E-state index contributed by atoms with van der Waals surface area (Å²) in [7, 11) is 0. The Kier molecular flexibility index (Phi) is 4.35. The summed E-state index contributed by atoms with van der Waals surface area (Å²) < 4.78 is 5.46. The number of nitrogens with zero attached hydrogens (tertiary/aromatic N) is 2. The second-order valence-corrected chi connectivity index (χ2v) is 5.68. The Balaban J connectivity index is 2.23. The first kappa shape index (κ1) is 14.5. The van der Waals surface area contributed by atoms with Gasteiger partial charge in [-0.2, -0.15) is 0 Å². The fraction of sp³-hybridized carbons (Fsp3) is 0.375. The molecule has 0 spiro atoms. The van der Waals surface area contributed by atoms with Crippen LogP contribution < -0.4 is 10.5 Å².